The van der Waals surface area contributed by atoms with Gasteiger partial charge in [0.2, 0.25) is 0 Å². The Morgan fingerprint density at radius 1 is 1.15 bits per heavy atom. The van der Waals surface area contributed by atoms with Crippen molar-refractivity contribution in [3.8, 4) is 5.75 Å². The minimum Gasteiger partial charge on any atom is -0.494 e. The van der Waals surface area contributed by atoms with Crippen molar-refractivity contribution in [2.75, 3.05) is 39.2 Å². The maximum atomic E-state index is 13.2. The maximum absolute atomic E-state index is 13.2. The van der Waals surface area contributed by atoms with E-state index in [2.05, 4.69) is 4.90 Å². The molecule has 144 valence electrons. The minimum absolute atomic E-state index is 0. The van der Waals surface area contributed by atoms with Crippen molar-refractivity contribution in [1.29, 1.82) is 0 Å². The smallest absolute Gasteiger partial charge is 0.260 e. The number of nitrogens with zero attached hydrogens (tertiary/aromatic N) is 3. The normalized spacial score (nSPS) is 10.7. The summed E-state index contributed by atoms with van der Waals surface area (Å²) in [6, 6.07) is 13.5. The van der Waals surface area contributed by atoms with E-state index in [-0.39, 0.29) is 18.3 Å². The van der Waals surface area contributed by atoms with Crippen molar-refractivity contribution in [2.24, 2.45) is 0 Å². The number of benzene rings is 2. The molecule has 0 saturated carbocycles. The predicted octanol–water partition coefficient (Wildman–Crippen LogP) is 4.24. The lowest BCUT2D eigenvalue weighted by Crippen LogP contribution is -2.36. The van der Waals surface area contributed by atoms with Crippen LogP contribution in [0.5, 0.6) is 5.75 Å². The molecule has 1 aromatic heterocycles. The molecule has 0 aliphatic heterocycles. The van der Waals surface area contributed by atoms with Crippen LogP contribution in [0.1, 0.15) is 15.9 Å². The average Bonchev–Trinajstić information content (AvgIpc) is 3.05. The molecular formula is C20H24ClN3O2S. The zero-order valence-corrected chi connectivity index (χ0v) is 17.6. The Labute approximate surface area is 170 Å². The molecule has 0 fully saturated rings. The number of thiazole rings is 1. The maximum Gasteiger partial charge on any atom is 0.260 e. The molecule has 1 amide bonds. The summed E-state index contributed by atoms with van der Waals surface area (Å²) in [5.41, 5.74) is 2.53. The van der Waals surface area contributed by atoms with Gasteiger partial charge < -0.3 is 9.64 Å². The second kappa shape index (κ2) is 9.17. The number of likely N-dealkylation sites (N-methyl/N-ethyl adjacent to an activating group) is 1. The number of rotatable bonds is 6. The molecule has 0 bridgehead atoms. The molecule has 0 unspecified atom stereocenters. The zero-order chi connectivity index (χ0) is 18.7. The molecule has 3 aromatic rings. The second-order valence-electron chi connectivity index (χ2n) is 6.43. The number of halogens is 1. The van der Waals surface area contributed by atoms with E-state index in [1.807, 2.05) is 63.5 Å². The standard InChI is InChI=1S/C20H23N3O2S.ClH/c1-14-7-5-8-15(13-14)19(24)23(12-11-22(2)3)20-21-18-16(25-4)9-6-10-17(18)26-20;/h5-10,13H,11-12H2,1-4H3;1H. The summed E-state index contributed by atoms with van der Waals surface area (Å²) >= 11 is 1.51. The van der Waals surface area contributed by atoms with Gasteiger partial charge in [0.05, 0.1) is 11.8 Å². The molecule has 5 nitrogen and oxygen atoms in total. The van der Waals surface area contributed by atoms with Crippen molar-refractivity contribution in [3.63, 3.8) is 0 Å². The molecule has 0 aliphatic rings. The first-order valence-corrected chi connectivity index (χ1v) is 9.28. The topological polar surface area (TPSA) is 45.7 Å². The Balaban J connectivity index is 0.00000261. The van der Waals surface area contributed by atoms with Gasteiger partial charge >= 0.3 is 0 Å². The van der Waals surface area contributed by atoms with Crippen molar-refractivity contribution in [2.45, 2.75) is 6.92 Å². The van der Waals surface area contributed by atoms with Crippen LogP contribution in [0.25, 0.3) is 10.2 Å². The summed E-state index contributed by atoms with van der Waals surface area (Å²) in [4.78, 5) is 21.7. The summed E-state index contributed by atoms with van der Waals surface area (Å²) in [6.45, 7) is 3.32. The summed E-state index contributed by atoms with van der Waals surface area (Å²) in [5.74, 6) is 0.689. The lowest BCUT2D eigenvalue weighted by molar-refractivity contribution is 0.0985. The van der Waals surface area contributed by atoms with Crippen molar-refractivity contribution < 1.29 is 9.53 Å². The van der Waals surface area contributed by atoms with Gasteiger partial charge in [-0.15, -0.1) is 12.4 Å². The first-order valence-electron chi connectivity index (χ1n) is 8.46. The van der Waals surface area contributed by atoms with E-state index in [0.29, 0.717) is 17.2 Å². The molecule has 0 saturated heterocycles. The molecule has 0 N–H and O–H groups in total. The zero-order valence-electron chi connectivity index (χ0n) is 15.9. The van der Waals surface area contributed by atoms with E-state index >= 15 is 0 Å². The first kappa shape index (κ1) is 21.2. The number of aryl methyl sites for hydroxylation is 1. The van der Waals surface area contributed by atoms with Crippen LogP contribution in [0.4, 0.5) is 5.13 Å². The number of fused-ring (bicyclic) bond motifs is 1. The fraction of sp³-hybridized carbons (Fsp3) is 0.300. The third kappa shape index (κ3) is 4.77. The van der Waals surface area contributed by atoms with Crippen LogP contribution >= 0.6 is 23.7 Å². The average molecular weight is 406 g/mol. The largest absolute Gasteiger partial charge is 0.494 e. The summed E-state index contributed by atoms with van der Waals surface area (Å²) in [7, 11) is 5.63. The number of ether oxygens (including phenoxy) is 1. The van der Waals surface area contributed by atoms with E-state index in [4.69, 9.17) is 9.72 Å². The quantitative estimate of drug-likeness (QED) is 0.615. The number of hydrogen-bond acceptors (Lipinski definition) is 5. The highest BCUT2D eigenvalue weighted by molar-refractivity contribution is 7.22. The van der Waals surface area contributed by atoms with E-state index in [1.165, 1.54) is 11.3 Å². The van der Waals surface area contributed by atoms with Gasteiger partial charge in [0.1, 0.15) is 11.3 Å². The predicted molar refractivity (Wildman–Crippen MR) is 115 cm³/mol. The Morgan fingerprint density at radius 3 is 2.56 bits per heavy atom. The SMILES string of the molecule is COc1cccc2sc(N(CCN(C)C)C(=O)c3cccc(C)c3)nc12.Cl. The summed E-state index contributed by atoms with van der Waals surface area (Å²) < 4.78 is 6.42. The molecule has 27 heavy (non-hydrogen) atoms. The van der Waals surface area contributed by atoms with E-state index in [0.717, 1.165) is 28.1 Å². The molecule has 7 heteroatoms. The minimum atomic E-state index is -0.0337. The number of carbonyl (C=O) groups is 1. The van der Waals surface area contributed by atoms with Gasteiger partial charge in [-0.25, -0.2) is 4.98 Å². The lowest BCUT2D eigenvalue weighted by atomic mass is 10.1. The van der Waals surface area contributed by atoms with Crippen molar-refractivity contribution in [1.82, 2.24) is 9.88 Å². The van der Waals surface area contributed by atoms with Crippen LogP contribution < -0.4 is 9.64 Å². The van der Waals surface area contributed by atoms with Crippen molar-refractivity contribution in [3.05, 3.63) is 53.6 Å². The number of methoxy groups -OCH3 is 1. The fourth-order valence-corrected chi connectivity index (χ4v) is 3.72. The third-order valence-corrected chi connectivity index (χ3v) is 5.15. The molecular weight excluding hydrogens is 382 g/mol. The highest BCUT2D eigenvalue weighted by Crippen LogP contribution is 2.34. The third-order valence-electron chi connectivity index (χ3n) is 4.10. The fourth-order valence-electron chi connectivity index (χ4n) is 2.71. The van der Waals surface area contributed by atoms with Gasteiger partial charge in [0, 0.05) is 18.7 Å². The Bertz CT molecular complexity index is 926. The van der Waals surface area contributed by atoms with E-state index < -0.39 is 0 Å². The monoisotopic (exact) mass is 405 g/mol. The molecule has 1 heterocycles. The highest BCUT2D eigenvalue weighted by atomic mass is 35.5. The summed E-state index contributed by atoms with van der Waals surface area (Å²) in [6.07, 6.45) is 0. The van der Waals surface area contributed by atoms with Gasteiger partial charge in [0.25, 0.3) is 5.91 Å². The van der Waals surface area contributed by atoms with Crippen LogP contribution in [0, 0.1) is 6.92 Å². The number of anilines is 1. The van der Waals surface area contributed by atoms with Gasteiger partial charge in [-0.3, -0.25) is 9.69 Å². The van der Waals surface area contributed by atoms with Gasteiger partial charge in [-0.2, -0.15) is 0 Å². The number of aromatic nitrogens is 1. The number of carbonyl (C=O) groups excluding carboxylic acids is 1. The van der Waals surface area contributed by atoms with Crippen LogP contribution in [-0.4, -0.2) is 50.1 Å². The van der Waals surface area contributed by atoms with Crippen LogP contribution in [0.2, 0.25) is 0 Å². The van der Waals surface area contributed by atoms with Gasteiger partial charge in [-0.05, 0) is 45.3 Å². The highest BCUT2D eigenvalue weighted by Gasteiger charge is 2.22. The van der Waals surface area contributed by atoms with Crippen molar-refractivity contribution >= 4 is 45.0 Å². The van der Waals surface area contributed by atoms with Crippen LogP contribution in [-0.2, 0) is 0 Å². The molecule has 3 rings (SSSR count). The second-order valence-corrected chi connectivity index (χ2v) is 7.44. The molecule has 0 atom stereocenters. The number of amides is 1. The molecule has 0 aliphatic carbocycles. The summed E-state index contributed by atoms with van der Waals surface area (Å²) in [5, 5.41) is 0.692. The first-order chi connectivity index (χ1) is 12.5. The van der Waals surface area contributed by atoms with Crippen LogP contribution in [0.3, 0.4) is 0 Å². The number of hydrogen-bond donors (Lipinski definition) is 0. The van der Waals surface area contributed by atoms with E-state index in [9.17, 15) is 4.79 Å². The van der Waals surface area contributed by atoms with E-state index in [1.54, 1.807) is 12.0 Å². The molecule has 0 spiro atoms. The van der Waals surface area contributed by atoms with Crippen LogP contribution in [0.15, 0.2) is 42.5 Å². The Morgan fingerprint density at radius 2 is 1.89 bits per heavy atom. The molecule has 0 radical (unpaired) electrons. The Kier molecular flexibility index (Phi) is 7.18. The Hall–Kier alpha value is -2.15. The molecule has 2 aromatic carbocycles. The lowest BCUT2D eigenvalue weighted by Gasteiger charge is -2.22. The van der Waals surface area contributed by atoms with Gasteiger partial charge in [0.15, 0.2) is 5.13 Å². The number of para-hydroxylation sites is 1. The van der Waals surface area contributed by atoms with Gasteiger partial charge in [-0.1, -0.05) is 35.1 Å².